The summed E-state index contributed by atoms with van der Waals surface area (Å²) in [6.45, 7) is 0. The van der Waals surface area contributed by atoms with Crippen LogP contribution in [0.3, 0.4) is 0 Å². The summed E-state index contributed by atoms with van der Waals surface area (Å²) in [5.41, 5.74) is 0. The zero-order valence-corrected chi connectivity index (χ0v) is 5.83. The molecule has 0 aliphatic heterocycles. The summed E-state index contributed by atoms with van der Waals surface area (Å²) in [6.07, 6.45) is 0. The van der Waals surface area contributed by atoms with Gasteiger partial charge in [-0.05, 0) is 0 Å². The molecule has 0 aliphatic carbocycles. The molecular weight excluding hydrogens is 169 g/mol. The molecule has 0 N–H and O–H groups in total. The van der Waals surface area contributed by atoms with E-state index >= 15 is 0 Å². The van der Waals surface area contributed by atoms with Crippen molar-refractivity contribution in [3.8, 4) is 0 Å². The van der Waals surface area contributed by atoms with Crippen LogP contribution in [-0.4, -0.2) is 0 Å². The van der Waals surface area contributed by atoms with Crippen LogP contribution in [0.2, 0.25) is 0 Å². The van der Waals surface area contributed by atoms with Crippen molar-refractivity contribution >= 4 is 45.6 Å². The summed E-state index contributed by atoms with van der Waals surface area (Å²) in [5.74, 6) is 0. The van der Waals surface area contributed by atoms with E-state index in [1.165, 1.54) is 0 Å². The van der Waals surface area contributed by atoms with E-state index in [0.717, 1.165) is 0 Å². The monoisotopic (exact) mass is 171 g/mol. The van der Waals surface area contributed by atoms with Crippen LogP contribution in [0.15, 0.2) is 0 Å². The van der Waals surface area contributed by atoms with E-state index in [9.17, 15) is 0 Å². The van der Waals surface area contributed by atoms with E-state index < -0.39 is 8.34 Å². The summed E-state index contributed by atoms with van der Waals surface area (Å²) < 4.78 is 16.7. The Bertz CT molecular complexity index is 29.8. The Morgan fingerprint density at radius 2 is 0.833 bits per heavy atom. The Morgan fingerprint density at radius 1 is 0.833 bits per heavy atom. The molecule has 0 saturated heterocycles. The average Bonchev–Trinajstić information content (AvgIpc) is 0.918. The first-order chi connectivity index (χ1) is 1.41. The zero-order valence-electron chi connectivity index (χ0n) is 2.49. The molecule has 0 aliphatic rings. The van der Waals surface area contributed by atoms with Crippen LogP contribution in [0, 0.1) is 0 Å². The maximum absolute atomic E-state index is 8.35. The van der Waals surface area contributed by atoms with Gasteiger partial charge < -0.3 is 0 Å². The Hall–Kier alpha value is 0.900. The van der Waals surface area contributed by atoms with Gasteiger partial charge >= 0.3 is 17.5 Å². The third kappa shape index (κ3) is 92.0. The fourth-order valence-corrected chi connectivity index (χ4v) is 0. The molecule has 0 radical (unpaired) electrons. The van der Waals surface area contributed by atoms with E-state index in [-0.39, 0.29) is 37.2 Å². The summed E-state index contributed by atoms with van der Waals surface area (Å²) in [7, 11) is -1.08. The zero-order chi connectivity index (χ0) is 2.71. The summed E-state index contributed by atoms with van der Waals surface area (Å²) in [6, 6.07) is 0. The molecule has 0 rings (SSSR count). The van der Waals surface area contributed by atoms with E-state index in [1.54, 1.807) is 0 Å². The fraction of sp³-hybridized carbons (Fsp3) is 0. The normalized spacial score (nSPS) is 1.33. The molecule has 2 nitrogen and oxygen atoms in total. The predicted octanol–water partition coefficient (Wildman–Crippen LogP) is 1.89. The van der Waals surface area contributed by atoms with Gasteiger partial charge in [-0.25, -0.2) is 0 Å². The molecule has 0 spiro atoms. The van der Waals surface area contributed by atoms with Crippen LogP contribution in [0.4, 0.5) is 0 Å². The van der Waals surface area contributed by atoms with Gasteiger partial charge in [0.05, 0.1) is 0 Å². The predicted molar refractivity (Wildman–Crippen MR) is 30.0 cm³/mol. The molecular formula is H3Cl3O2P+. The second-order valence-corrected chi connectivity index (χ2v) is 0.224. The van der Waals surface area contributed by atoms with Crippen molar-refractivity contribution in [3.63, 3.8) is 0 Å². The van der Waals surface area contributed by atoms with Crippen molar-refractivity contribution < 1.29 is 9.13 Å². The third-order valence-electron chi connectivity index (χ3n) is 0. The number of hydrogen-bond acceptors (Lipinski definition) is 2. The second kappa shape index (κ2) is 39.2. The minimum absolute atomic E-state index is 0. The van der Waals surface area contributed by atoms with Gasteiger partial charge in [0.2, 0.25) is 0 Å². The van der Waals surface area contributed by atoms with Gasteiger partial charge in [-0.15, -0.1) is 37.2 Å². The second-order valence-electron chi connectivity index (χ2n) is 0.0745. The van der Waals surface area contributed by atoms with Gasteiger partial charge in [0.1, 0.15) is 0 Å². The van der Waals surface area contributed by atoms with E-state index in [4.69, 9.17) is 9.13 Å². The van der Waals surface area contributed by atoms with Crippen molar-refractivity contribution in [3.05, 3.63) is 0 Å². The fourth-order valence-electron chi connectivity index (χ4n) is 0. The Kier molecular flexibility index (Phi) is 187. The van der Waals surface area contributed by atoms with Gasteiger partial charge in [0, 0.05) is 0 Å². The molecule has 0 bridgehead atoms. The molecule has 0 aromatic carbocycles. The molecule has 0 atom stereocenters. The van der Waals surface area contributed by atoms with Gasteiger partial charge in [0.15, 0.2) is 0 Å². The van der Waals surface area contributed by atoms with Crippen molar-refractivity contribution in [2.75, 3.05) is 0 Å². The van der Waals surface area contributed by atoms with Crippen LogP contribution < -0.4 is 0 Å². The molecule has 0 aromatic heterocycles. The molecule has 0 fully saturated rings. The number of rotatable bonds is 0. The average molecular weight is 172 g/mol. The van der Waals surface area contributed by atoms with Crippen LogP contribution in [0.25, 0.3) is 0 Å². The van der Waals surface area contributed by atoms with Gasteiger partial charge in [-0.1, -0.05) is 0 Å². The van der Waals surface area contributed by atoms with Crippen LogP contribution in [0.1, 0.15) is 0 Å². The molecule has 0 amide bonds. The molecule has 0 heterocycles. The maximum atomic E-state index is 8.35. The molecule has 0 aromatic rings. The van der Waals surface area contributed by atoms with Gasteiger partial charge in [-0.3, -0.25) is 0 Å². The van der Waals surface area contributed by atoms with Gasteiger partial charge in [0.25, 0.3) is 0 Å². The topological polar surface area (TPSA) is 34.1 Å². The van der Waals surface area contributed by atoms with E-state index in [1.807, 2.05) is 0 Å². The van der Waals surface area contributed by atoms with Crippen LogP contribution >= 0.6 is 45.6 Å². The van der Waals surface area contributed by atoms with Crippen molar-refractivity contribution in [2.45, 2.75) is 0 Å². The van der Waals surface area contributed by atoms with Crippen LogP contribution in [-0.2, 0) is 9.13 Å². The first-order valence-corrected chi connectivity index (χ1v) is 1.10. The standard InChI is InChI=1S/3ClH.O2P/c;;;1-3-2/h3*1H;/q;;;+1. The molecule has 0 unspecified atom stereocenters. The number of hydrogen-bond donors (Lipinski definition) is 0. The minimum atomic E-state index is -1.08. The molecule has 6 heavy (non-hydrogen) atoms. The first kappa shape index (κ1) is 28.6. The Balaban J connectivity index is -0.00000000667. The summed E-state index contributed by atoms with van der Waals surface area (Å²) in [4.78, 5) is 0. The summed E-state index contributed by atoms with van der Waals surface area (Å²) in [5, 5.41) is 0. The molecule has 6 heteroatoms. The first-order valence-electron chi connectivity index (χ1n) is 0.365. The van der Waals surface area contributed by atoms with Crippen molar-refractivity contribution in [1.82, 2.24) is 0 Å². The Labute approximate surface area is 55.2 Å². The Morgan fingerprint density at radius 3 is 0.833 bits per heavy atom. The SMILES string of the molecule is Cl.Cl.Cl.O=[P+]=O. The van der Waals surface area contributed by atoms with Crippen molar-refractivity contribution in [2.24, 2.45) is 0 Å². The quantitative estimate of drug-likeness (QED) is 0.523. The molecule has 40 valence electrons. The van der Waals surface area contributed by atoms with E-state index in [2.05, 4.69) is 0 Å². The van der Waals surface area contributed by atoms with Gasteiger partial charge in [-0.2, -0.15) is 0 Å². The van der Waals surface area contributed by atoms with E-state index in [0.29, 0.717) is 0 Å². The van der Waals surface area contributed by atoms with Crippen molar-refractivity contribution in [1.29, 1.82) is 0 Å². The summed E-state index contributed by atoms with van der Waals surface area (Å²) >= 11 is 0. The molecule has 0 saturated carbocycles. The van der Waals surface area contributed by atoms with Crippen LogP contribution in [0.5, 0.6) is 0 Å². The third-order valence-corrected chi connectivity index (χ3v) is 0. The number of halogens is 3.